The number of aromatic nitrogens is 1. The van der Waals surface area contributed by atoms with Gasteiger partial charge in [-0.1, -0.05) is 29.8 Å². The molecule has 0 bridgehead atoms. The van der Waals surface area contributed by atoms with E-state index in [-0.39, 0.29) is 5.55 Å². The lowest BCUT2D eigenvalue weighted by atomic mass is 10.2. The third kappa shape index (κ3) is 2.54. The Hall–Kier alpha value is -1.85. The van der Waals surface area contributed by atoms with Gasteiger partial charge in [0, 0.05) is 11.5 Å². The van der Waals surface area contributed by atoms with Crippen molar-refractivity contribution in [1.82, 2.24) is 4.57 Å². The van der Waals surface area contributed by atoms with E-state index in [1.807, 2.05) is 36.4 Å². The van der Waals surface area contributed by atoms with Crippen LogP contribution in [0.4, 0.5) is 5.69 Å². The fraction of sp³-hybridized carbons (Fsp3) is 0.0667. The second-order valence-electron chi connectivity index (χ2n) is 4.43. The zero-order chi connectivity index (χ0) is 15.0. The number of aryl methyl sites for hydroxylation is 1. The van der Waals surface area contributed by atoms with Gasteiger partial charge in [0.25, 0.3) is 0 Å². The van der Waals surface area contributed by atoms with Crippen molar-refractivity contribution >= 4 is 44.1 Å². The van der Waals surface area contributed by atoms with E-state index in [0.29, 0.717) is 10.7 Å². The standard InChI is InChI=1S/C15H10BrClN2O2/c1-19-12-8-3-2-5-9(12)14(21-15(19)20)18-11-7-4-6-10(16)13(11)17/h2-8H,1H3/b18-14+. The topological polar surface area (TPSA) is 47.5 Å². The quantitative estimate of drug-likeness (QED) is 0.659. The molecule has 0 aliphatic rings. The smallest absolute Gasteiger partial charge is 0.390 e. The summed E-state index contributed by atoms with van der Waals surface area (Å²) in [5.74, 6) is -0.474. The number of benzene rings is 2. The summed E-state index contributed by atoms with van der Waals surface area (Å²) in [6, 6.07) is 12.8. The van der Waals surface area contributed by atoms with E-state index < -0.39 is 5.76 Å². The van der Waals surface area contributed by atoms with E-state index >= 15 is 0 Å². The van der Waals surface area contributed by atoms with Crippen molar-refractivity contribution in [3.05, 3.63) is 68.1 Å². The van der Waals surface area contributed by atoms with Gasteiger partial charge < -0.3 is 4.42 Å². The van der Waals surface area contributed by atoms with E-state index in [0.717, 1.165) is 15.4 Å². The molecule has 1 heterocycles. The lowest BCUT2D eigenvalue weighted by Gasteiger charge is -2.04. The van der Waals surface area contributed by atoms with Crippen LogP contribution < -0.4 is 11.3 Å². The van der Waals surface area contributed by atoms with E-state index in [4.69, 9.17) is 16.0 Å². The number of halogens is 2. The molecule has 1 aromatic heterocycles. The lowest BCUT2D eigenvalue weighted by Crippen LogP contribution is -2.23. The summed E-state index contributed by atoms with van der Waals surface area (Å²) in [4.78, 5) is 16.3. The first kappa shape index (κ1) is 14.1. The van der Waals surface area contributed by atoms with Gasteiger partial charge in [0.05, 0.1) is 21.6 Å². The Morgan fingerprint density at radius 1 is 1.19 bits per heavy atom. The molecule has 0 saturated carbocycles. The van der Waals surface area contributed by atoms with Crippen molar-refractivity contribution < 1.29 is 4.42 Å². The summed E-state index contributed by atoms with van der Waals surface area (Å²) in [6.07, 6.45) is 0. The minimum atomic E-state index is -0.474. The minimum absolute atomic E-state index is 0.244. The predicted octanol–water partition coefficient (Wildman–Crippen LogP) is 3.78. The van der Waals surface area contributed by atoms with Gasteiger partial charge in [0.1, 0.15) is 0 Å². The van der Waals surface area contributed by atoms with Crippen LogP contribution >= 0.6 is 27.5 Å². The van der Waals surface area contributed by atoms with Gasteiger partial charge in [-0.05, 0) is 40.2 Å². The maximum absolute atomic E-state index is 11.9. The highest BCUT2D eigenvalue weighted by molar-refractivity contribution is 9.10. The molecule has 0 spiro atoms. The van der Waals surface area contributed by atoms with Crippen molar-refractivity contribution in [2.24, 2.45) is 12.0 Å². The third-order valence-electron chi connectivity index (χ3n) is 3.11. The molecule has 6 heteroatoms. The van der Waals surface area contributed by atoms with Gasteiger partial charge >= 0.3 is 5.76 Å². The average Bonchev–Trinajstić information content (AvgIpc) is 2.49. The van der Waals surface area contributed by atoms with Gasteiger partial charge in [-0.25, -0.2) is 9.79 Å². The molecule has 0 unspecified atom stereocenters. The van der Waals surface area contributed by atoms with Crippen LogP contribution in [0.15, 0.2) is 61.1 Å². The highest BCUT2D eigenvalue weighted by Gasteiger charge is 2.07. The summed E-state index contributed by atoms with van der Waals surface area (Å²) in [5, 5.41) is 1.22. The van der Waals surface area contributed by atoms with Crippen LogP contribution in [-0.4, -0.2) is 4.57 Å². The maximum atomic E-state index is 11.9. The fourth-order valence-corrected chi connectivity index (χ4v) is 2.55. The van der Waals surface area contributed by atoms with Crippen LogP contribution in [-0.2, 0) is 7.05 Å². The van der Waals surface area contributed by atoms with Crippen molar-refractivity contribution in [1.29, 1.82) is 0 Å². The molecule has 0 N–H and O–H groups in total. The monoisotopic (exact) mass is 364 g/mol. The zero-order valence-corrected chi connectivity index (χ0v) is 13.4. The Kier molecular flexibility index (Phi) is 3.69. The first-order valence-electron chi connectivity index (χ1n) is 6.15. The number of hydrogen-bond donors (Lipinski definition) is 0. The molecule has 3 aromatic rings. The Bertz CT molecular complexity index is 960. The molecule has 0 radical (unpaired) electrons. The summed E-state index contributed by atoms with van der Waals surface area (Å²) < 4.78 is 7.46. The number of rotatable bonds is 1. The van der Waals surface area contributed by atoms with Crippen molar-refractivity contribution in [2.75, 3.05) is 0 Å². The Labute approximate surface area is 133 Å². The molecule has 2 aromatic carbocycles. The van der Waals surface area contributed by atoms with Crippen LogP contribution in [0.3, 0.4) is 0 Å². The molecule has 3 rings (SSSR count). The number of fused-ring (bicyclic) bond motifs is 1. The first-order valence-corrected chi connectivity index (χ1v) is 7.32. The van der Waals surface area contributed by atoms with E-state index in [1.165, 1.54) is 4.57 Å². The highest BCUT2D eigenvalue weighted by atomic mass is 79.9. The number of para-hydroxylation sites is 1. The average molecular weight is 366 g/mol. The summed E-state index contributed by atoms with van der Waals surface area (Å²) in [6.45, 7) is 0. The number of nitrogens with zero attached hydrogens (tertiary/aromatic N) is 2. The Balaban J connectivity index is 2.40. The zero-order valence-electron chi connectivity index (χ0n) is 11.0. The SMILES string of the molecule is Cn1c(=O)o/c(=N/c2cccc(Br)c2Cl)c2ccccc21. The molecular weight excluding hydrogens is 356 g/mol. The maximum Gasteiger partial charge on any atom is 0.420 e. The summed E-state index contributed by atoms with van der Waals surface area (Å²) in [7, 11) is 1.66. The third-order valence-corrected chi connectivity index (χ3v) is 4.39. The lowest BCUT2D eigenvalue weighted by molar-refractivity contribution is 0.423. The number of hydrogen-bond acceptors (Lipinski definition) is 3. The molecule has 4 nitrogen and oxygen atoms in total. The van der Waals surface area contributed by atoms with E-state index in [2.05, 4.69) is 20.9 Å². The van der Waals surface area contributed by atoms with Crippen LogP contribution in [0.25, 0.3) is 10.9 Å². The molecular formula is C15H10BrClN2O2. The van der Waals surface area contributed by atoms with Gasteiger partial charge in [0.15, 0.2) is 0 Å². The van der Waals surface area contributed by atoms with Crippen LogP contribution in [0.2, 0.25) is 5.02 Å². The molecule has 21 heavy (non-hydrogen) atoms. The van der Waals surface area contributed by atoms with Crippen molar-refractivity contribution in [3.63, 3.8) is 0 Å². The molecule has 106 valence electrons. The van der Waals surface area contributed by atoms with Gasteiger partial charge in [-0.2, -0.15) is 0 Å². The van der Waals surface area contributed by atoms with Crippen LogP contribution in [0.1, 0.15) is 0 Å². The fourth-order valence-electron chi connectivity index (χ4n) is 2.02. The molecule has 0 saturated heterocycles. The van der Waals surface area contributed by atoms with Crippen LogP contribution in [0.5, 0.6) is 0 Å². The predicted molar refractivity (Wildman–Crippen MR) is 85.8 cm³/mol. The molecule has 0 amide bonds. The highest BCUT2D eigenvalue weighted by Crippen LogP contribution is 2.31. The largest absolute Gasteiger partial charge is 0.420 e. The van der Waals surface area contributed by atoms with E-state index in [1.54, 1.807) is 13.1 Å². The van der Waals surface area contributed by atoms with Gasteiger partial charge in [-0.15, -0.1) is 0 Å². The second kappa shape index (κ2) is 5.50. The molecule has 0 aliphatic carbocycles. The Morgan fingerprint density at radius 2 is 1.95 bits per heavy atom. The summed E-state index contributed by atoms with van der Waals surface area (Å²) >= 11 is 9.55. The second-order valence-corrected chi connectivity index (χ2v) is 5.67. The van der Waals surface area contributed by atoms with Crippen LogP contribution in [0, 0.1) is 0 Å². The normalized spacial score (nSPS) is 12.0. The minimum Gasteiger partial charge on any atom is -0.390 e. The molecule has 0 fully saturated rings. The molecule has 0 aliphatic heterocycles. The first-order chi connectivity index (χ1) is 10.1. The Morgan fingerprint density at radius 3 is 2.76 bits per heavy atom. The van der Waals surface area contributed by atoms with E-state index in [9.17, 15) is 4.79 Å². The summed E-state index contributed by atoms with van der Waals surface area (Å²) in [5.41, 5.74) is 1.53. The molecule has 0 atom stereocenters. The van der Waals surface area contributed by atoms with Gasteiger partial charge in [-0.3, -0.25) is 4.57 Å². The van der Waals surface area contributed by atoms with Crippen molar-refractivity contribution in [3.8, 4) is 0 Å². The van der Waals surface area contributed by atoms with Gasteiger partial charge in [0.2, 0.25) is 5.55 Å². The van der Waals surface area contributed by atoms with Crippen molar-refractivity contribution in [2.45, 2.75) is 0 Å².